The molecule has 0 fully saturated rings. The largest absolute Gasteiger partial charge is 0.336 e. The lowest BCUT2D eigenvalue weighted by Gasteiger charge is -2.02. The molecule has 2 aromatic rings. The summed E-state index contributed by atoms with van der Waals surface area (Å²) in [5.41, 5.74) is 1.16. The molecule has 0 saturated heterocycles. The van der Waals surface area contributed by atoms with Crippen molar-refractivity contribution < 1.29 is 0 Å². The molecule has 0 aliphatic rings. The highest BCUT2D eigenvalue weighted by molar-refractivity contribution is 7.99. The van der Waals surface area contributed by atoms with Crippen LogP contribution in [0.15, 0.2) is 47.8 Å². The molecule has 2 rings (SSSR count). The van der Waals surface area contributed by atoms with Gasteiger partial charge in [0.05, 0.1) is 12.0 Å². The van der Waals surface area contributed by atoms with Crippen molar-refractivity contribution in [1.29, 1.82) is 0 Å². The van der Waals surface area contributed by atoms with Gasteiger partial charge in [0.25, 0.3) is 0 Å². The summed E-state index contributed by atoms with van der Waals surface area (Å²) < 4.78 is 2.17. The molecular formula is C14H19N3S. The van der Waals surface area contributed by atoms with Crippen molar-refractivity contribution in [2.75, 3.05) is 19.3 Å². The van der Waals surface area contributed by atoms with E-state index in [2.05, 4.69) is 45.3 Å². The van der Waals surface area contributed by atoms with E-state index in [-0.39, 0.29) is 0 Å². The summed E-state index contributed by atoms with van der Waals surface area (Å²) in [4.78, 5) is 5.72. The molecule has 0 saturated carbocycles. The molecule has 0 aliphatic heterocycles. The summed E-state index contributed by atoms with van der Waals surface area (Å²) in [7, 11) is 1.97. The van der Waals surface area contributed by atoms with Gasteiger partial charge in [-0.1, -0.05) is 18.2 Å². The molecule has 1 N–H and O–H groups in total. The first-order valence-electron chi connectivity index (χ1n) is 6.21. The fraction of sp³-hybridized carbons (Fsp3) is 0.357. The van der Waals surface area contributed by atoms with Crippen LogP contribution in [0.4, 0.5) is 0 Å². The van der Waals surface area contributed by atoms with Gasteiger partial charge >= 0.3 is 0 Å². The lowest BCUT2D eigenvalue weighted by molar-refractivity contribution is 0.762. The molecule has 1 aromatic heterocycles. The summed E-state index contributed by atoms with van der Waals surface area (Å²) >= 11 is 1.88. The smallest absolute Gasteiger partial charge is 0.0949 e. The lowest BCUT2D eigenvalue weighted by atomic mass is 10.3. The van der Waals surface area contributed by atoms with E-state index < -0.39 is 0 Å². The Bertz CT molecular complexity index is 453. The van der Waals surface area contributed by atoms with Gasteiger partial charge in [0.1, 0.15) is 0 Å². The molecule has 1 heterocycles. The molecule has 0 atom stereocenters. The quantitative estimate of drug-likeness (QED) is 0.776. The minimum Gasteiger partial charge on any atom is -0.336 e. The summed E-state index contributed by atoms with van der Waals surface area (Å²) in [6, 6.07) is 10.5. The van der Waals surface area contributed by atoms with E-state index in [1.54, 1.807) is 0 Å². The van der Waals surface area contributed by atoms with Crippen LogP contribution >= 0.6 is 11.8 Å². The Kier molecular flexibility index (Phi) is 5.30. The van der Waals surface area contributed by atoms with Crippen LogP contribution < -0.4 is 5.32 Å². The Morgan fingerprint density at radius 3 is 2.89 bits per heavy atom. The van der Waals surface area contributed by atoms with E-state index in [0.717, 1.165) is 31.0 Å². The second-order valence-corrected chi connectivity index (χ2v) is 5.29. The molecule has 0 unspecified atom stereocenters. The van der Waals surface area contributed by atoms with Crippen LogP contribution in [-0.2, 0) is 13.0 Å². The Hall–Kier alpha value is -1.26. The van der Waals surface area contributed by atoms with Crippen LogP contribution in [0.3, 0.4) is 0 Å². The number of nitrogens with one attached hydrogen (secondary N) is 1. The number of aromatic nitrogens is 2. The third-order valence-electron chi connectivity index (χ3n) is 2.68. The number of hydrogen-bond donors (Lipinski definition) is 1. The normalized spacial score (nSPS) is 10.7. The van der Waals surface area contributed by atoms with E-state index in [1.165, 1.54) is 4.90 Å². The molecule has 0 spiro atoms. The Morgan fingerprint density at radius 1 is 1.28 bits per heavy atom. The number of rotatable bonds is 7. The zero-order valence-corrected chi connectivity index (χ0v) is 11.5. The molecule has 96 valence electrons. The number of benzene rings is 1. The summed E-state index contributed by atoms with van der Waals surface area (Å²) in [5, 5.41) is 3.14. The van der Waals surface area contributed by atoms with Gasteiger partial charge in [0, 0.05) is 36.4 Å². The third-order valence-corrected chi connectivity index (χ3v) is 3.67. The zero-order chi connectivity index (χ0) is 12.6. The predicted octanol–water partition coefficient (Wildman–Crippen LogP) is 2.44. The Labute approximate surface area is 113 Å². The van der Waals surface area contributed by atoms with Gasteiger partial charge in [-0.3, -0.25) is 0 Å². The Balaban J connectivity index is 1.75. The van der Waals surface area contributed by atoms with Crippen LogP contribution in [0.1, 0.15) is 5.69 Å². The number of hydrogen-bond acceptors (Lipinski definition) is 3. The minimum absolute atomic E-state index is 0.982. The third kappa shape index (κ3) is 4.20. The minimum atomic E-state index is 0.982. The molecular weight excluding hydrogens is 242 g/mol. The summed E-state index contributed by atoms with van der Waals surface area (Å²) in [6.45, 7) is 1.99. The number of aryl methyl sites for hydroxylation is 1. The number of likely N-dealkylation sites (N-methyl/N-ethyl adjacent to an activating group) is 1. The SMILES string of the molecule is CNCCc1cn(CCSc2ccccc2)cn1. The van der Waals surface area contributed by atoms with E-state index in [0.29, 0.717) is 0 Å². The van der Waals surface area contributed by atoms with Gasteiger partial charge < -0.3 is 9.88 Å². The highest BCUT2D eigenvalue weighted by Crippen LogP contribution is 2.17. The molecule has 3 nitrogen and oxygen atoms in total. The molecule has 0 bridgehead atoms. The Morgan fingerprint density at radius 2 is 2.11 bits per heavy atom. The van der Waals surface area contributed by atoms with Crippen molar-refractivity contribution >= 4 is 11.8 Å². The van der Waals surface area contributed by atoms with Crippen molar-refractivity contribution in [3.05, 3.63) is 48.5 Å². The molecule has 1 aromatic carbocycles. The predicted molar refractivity (Wildman–Crippen MR) is 77.0 cm³/mol. The van der Waals surface area contributed by atoms with Crippen LogP contribution in [0.25, 0.3) is 0 Å². The van der Waals surface area contributed by atoms with Gasteiger partial charge in [-0.2, -0.15) is 0 Å². The number of thioether (sulfide) groups is 1. The summed E-state index contributed by atoms with van der Waals surface area (Å²) in [6.07, 6.45) is 5.06. The van der Waals surface area contributed by atoms with Crippen LogP contribution in [0.5, 0.6) is 0 Å². The van der Waals surface area contributed by atoms with Crippen molar-refractivity contribution in [2.45, 2.75) is 17.9 Å². The average molecular weight is 261 g/mol. The molecule has 18 heavy (non-hydrogen) atoms. The highest BCUT2D eigenvalue weighted by Gasteiger charge is 1.98. The number of nitrogens with zero attached hydrogens (tertiary/aromatic N) is 2. The van der Waals surface area contributed by atoms with Crippen LogP contribution in [-0.4, -0.2) is 28.9 Å². The number of imidazole rings is 1. The first kappa shape index (κ1) is 13.2. The maximum atomic E-state index is 4.39. The molecule has 0 aliphatic carbocycles. The fourth-order valence-electron chi connectivity index (χ4n) is 1.70. The fourth-order valence-corrected chi connectivity index (χ4v) is 2.58. The van der Waals surface area contributed by atoms with Gasteiger partial charge in [-0.25, -0.2) is 4.98 Å². The average Bonchev–Trinajstić information content (AvgIpc) is 2.85. The first-order chi connectivity index (χ1) is 8.88. The van der Waals surface area contributed by atoms with E-state index in [1.807, 2.05) is 31.2 Å². The van der Waals surface area contributed by atoms with Gasteiger partial charge in [-0.05, 0) is 19.2 Å². The van der Waals surface area contributed by atoms with Crippen LogP contribution in [0.2, 0.25) is 0 Å². The van der Waals surface area contributed by atoms with E-state index in [4.69, 9.17) is 0 Å². The monoisotopic (exact) mass is 261 g/mol. The maximum Gasteiger partial charge on any atom is 0.0949 e. The topological polar surface area (TPSA) is 29.9 Å². The molecule has 0 radical (unpaired) electrons. The van der Waals surface area contributed by atoms with Crippen LogP contribution in [0, 0.1) is 0 Å². The summed E-state index contributed by atoms with van der Waals surface area (Å²) in [5.74, 6) is 1.08. The van der Waals surface area contributed by atoms with E-state index in [9.17, 15) is 0 Å². The second kappa shape index (κ2) is 7.24. The zero-order valence-electron chi connectivity index (χ0n) is 10.7. The van der Waals surface area contributed by atoms with Gasteiger partial charge in [-0.15, -0.1) is 11.8 Å². The van der Waals surface area contributed by atoms with Crippen molar-refractivity contribution in [3.63, 3.8) is 0 Å². The van der Waals surface area contributed by atoms with Gasteiger partial charge in [0.2, 0.25) is 0 Å². The lowest BCUT2D eigenvalue weighted by Crippen LogP contribution is -2.10. The first-order valence-corrected chi connectivity index (χ1v) is 7.20. The maximum absolute atomic E-state index is 4.39. The standard InChI is InChI=1S/C14H19N3S/c1-15-8-7-13-11-17(12-16-13)9-10-18-14-5-3-2-4-6-14/h2-6,11-12,15H,7-10H2,1H3. The molecule has 4 heteroatoms. The van der Waals surface area contributed by atoms with Crippen molar-refractivity contribution in [3.8, 4) is 0 Å². The van der Waals surface area contributed by atoms with Gasteiger partial charge in [0.15, 0.2) is 0 Å². The van der Waals surface area contributed by atoms with E-state index >= 15 is 0 Å². The van der Waals surface area contributed by atoms with Crippen molar-refractivity contribution in [1.82, 2.24) is 14.9 Å². The second-order valence-electron chi connectivity index (χ2n) is 4.12. The molecule has 0 amide bonds. The van der Waals surface area contributed by atoms with Crippen molar-refractivity contribution in [2.24, 2.45) is 0 Å². The highest BCUT2D eigenvalue weighted by atomic mass is 32.2.